The summed E-state index contributed by atoms with van der Waals surface area (Å²) in [5.74, 6) is 0.558. The number of pyridine rings is 1. The number of nitrogens with zero attached hydrogens (tertiary/aromatic N) is 2. The molecular formula is C14H8FN3S. The van der Waals surface area contributed by atoms with Crippen LogP contribution in [-0.4, -0.2) is 15.0 Å². The molecule has 0 amide bonds. The summed E-state index contributed by atoms with van der Waals surface area (Å²) < 4.78 is 14.1. The Balaban J connectivity index is 1.93. The van der Waals surface area contributed by atoms with E-state index in [0.717, 1.165) is 26.3 Å². The van der Waals surface area contributed by atoms with Gasteiger partial charge in [0.2, 0.25) is 0 Å². The van der Waals surface area contributed by atoms with Gasteiger partial charge in [0.05, 0.1) is 10.4 Å². The topological polar surface area (TPSA) is 41.6 Å². The summed E-state index contributed by atoms with van der Waals surface area (Å²) in [6, 6.07) is 10.6. The summed E-state index contributed by atoms with van der Waals surface area (Å²) in [5.41, 5.74) is 1.60. The lowest BCUT2D eigenvalue weighted by atomic mass is 10.2. The molecule has 0 unspecified atom stereocenters. The van der Waals surface area contributed by atoms with Crippen LogP contribution in [0, 0.1) is 5.82 Å². The average Bonchev–Trinajstić information content (AvgIpc) is 3.00. The first-order valence-electron chi connectivity index (χ1n) is 5.80. The lowest BCUT2D eigenvalue weighted by Gasteiger charge is -1.87. The third-order valence-corrected chi connectivity index (χ3v) is 4.08. The molecular weight excluding hydrogens is 261 g/mol. The number of nitrogens with one attached hydrogen (secondary N) is 1. The van der Waals surface area contributed by atoms with Gasteiger partial charge in [0, 0.05) is 10.9 Å². The van der Waals surface area contributed by atoms with Crippen LogP contribution >= 0.6 is 11.3 Å². The molecule has 19 heavy (non-hydrogen) atoms. The van der Waals surface area contributed by atoms with Crippen molar-refractivity contribution < 1.29 is 4.39 Å². The molecule has 0 fully saturated rings. The lowest BCUT2D eigenvalue weighted by molar-refractivity contribution is 0.630. The van der Waals surface area contributed by atoms with E-state index < -0.39 is 0 Å². The van der Waals surface area contributed by atoms with Crippen molar-refractivity contribution in [2.45, 2.75) is 0 Å². The number of H-pyrrole nitrogens is 1. The number of aromatic nitrogens is 3. The van der Waals surface area contributed by atoms with E-state index >= 15 is 0 Å². The zero-order valence-corrected chi connectivity index (χ0v) is 10.5. The van der Waals surface area contributed by atoms with Crippen LogP contribution in [0.15, 0.2) is 42.6 Å². The normalized spacial score (nSPS) is 11.4. The van der Waals surface area contributed by atoms with Gasteiger partial charge in [-0.15, -0.1) is 11.3 Å². The molecule has 1 N–H and O–H groups in total. The van der Waals surface area contributed by atoms with Gasteiger partial charge in [-0.25, -0.2) is 14.4 Å². The largest absolute Gasteiger partial charge is 0.336 e. The van der Waals surface area contributed by atoms with Crippen molar-refractivity contribution in [1.82, 2.24) is 15.0 Å². The monoisotopic (exact) mass is 269 g/mol. The molecule has 0 radical (unpaired) electrons. The van der Waals surface area contributed by atoms with Crippen molar-refractivity contribution >= 4 is 32.6 Å². The quantitative estimate of drug-likeness (QED) is 0.568. The summed E-state index contributed by atoms with van der Waals surface area (Å²) in [6.07, 6.45) is 1.72. The Kier molecular flexibility index (Phi) is 2.16. The van der Waals surface area contributed by atoms with Crippen LogP contribution in [0.25, 0.3) is 32.0 Å². The van der Waals surface area contributed by atoms with E-state index in [1.54, 1.807) is 18.3 Å². The number of hydrogen-bond acceptors (Lipinski definition) is 3. The van der Waals surface area contributed by atoms with Crippen LogP contribution in [0.4, 0.5) is 4.39 Å². The van der Waals surface area contributed by atoms with Crippen LogP contribution < -0.4 is 0 Å². The van der Waals surface area contributed by atoms with Crippen molar-refractivity contribution in [2.24, 2.45) is 0 Å². The Morgan fingerprint density at radius 2 is 2.11 bits per heavy atom. The van der Waals surface area contributed by atoms with E-state index in [-0.39, 0.29) is 5.82 Å². The number of imidazole rings is 1. The van der Waals surface area contributed by atoms with Gasteiger partial charge in [0.15, 0.2) is 11.5 Å². The Labute approximate surface area is 111 Å². The summed E-state index contributed by atoms with van der Waals surface area (Å²) in [7, 11) is 0. The van der Waals surface area contributed by atoms with Crippen molar-refractivity contribution in [1.29, 1.82) is 0 Å². The Hall–Kier alpha value is -2.27. The third-order valence-electron chi connectivity index (χ3n) is 2.97. The minimum absolute atomic E-state index is 0.216. The first-order valence-corrected chi connectivity index (χ1v) is 6.61. The Morgan fingerprint density at radius 1 is 1.16 bits per heavy atom. The number of halogens is 1. The smallest absolute Gasteiger partial charge is 0.178 e. The molecule has 0 aliphatic heterocycles. The van der Waals surface area contributed by atoms with Gasteiger partial charge in [-0.3, -0.25) is 0 Å². The van der Waals surface area contributed by atoms with E-state index in [2.05, 4.69) is 15.0 Å². The van der Waals surface area contributed by atoms with E-state index in [9.17, 15) is 4.39 Å². The summed E-state index contributed by atoms with van der Waals surface area (Å²) >= 11 is 1.52. The maximum Gasteiger partial charge on any atom is 0.178 e. The molecule has 3 heterocycles. The Morgan fingerprint density at radius 3 is 3.00 bits per heavy atom. The molecule has 1 aromatic carbocycles. The molecule has 0 aliphatic rings. The number of aromatic amines is 1. The van der Waals surface area contributed by atoms with Crippen molar-refractivity contribution in [2.75, 3.05) is 0 Å². The molecule has 5 heteroatoms. The number of thiophene rings is 1. The summed E-state index contributed by atoms with van der Waals surface area (Å²) in [5, 5.41) is 1.02. The van der Waals surface area contributed by atoms with Crippen molar-refractivity contribution in [3.05, 3.63) is 48.4 Å². The number of rotatable bonds is 1. The fourth-order valence-electron chi connectivity index (χ4n) is 2.08. The maximum absolute atomic E-state index is 13.2. The van der Waals surface area contributed by atoms with Gasteiger partial charge >= 0.3 is 0 Å². The molecule has 0 saturated heterocycles. The zero-order valence-electron chi connectivity index (χ0n) is 9.72. The SMILES string of the molecule is Fc1ccc2cc(-c3nc4ncccc4[nH]3)sc2c1. The highest BCUT2D eigenvalue weighted by Gasteiger charge is 2.09. The predicted octanol–water partition coefficient (Wildman–Crippen LogP) is 3.98. The standard InChI is InChI=1S/C14H8FN3S/c15-9-4-3-8-6-12(19-11(8)7-9)14-17-10-2-1-5-16-13(10)18-14/h1-7H,(H,16,17,18). The highest BCUT2D eigenvalue weighted by molar-refractivity contribution is 7.22. The number of hydrogen-bond donors (Lipinski definition) is 1. The third kappa shape index (κ3) is 1.70. The van der Waals surface area contributed by atoms with Crippen molar-refractivity contribution in [3.63, 3.8) is 0 Å². The van der Waals surface area contributed by atoms with Crippen LogP contribution in [0.5, 0.6) is 0 Å². The molecule has 0 atom stereocenters. The van der Waals surface area contributed by atoms with E-state index in [1.807, 2.05) is 18.2 Å². The molecule has 0 saturated carbocycles. The predicted molar refractivity (Wildman–Crippen MR) is 74.7 cm³/mol. The molecule has 3 aromatic heterocycles. The van der Waals surface area contributed by atoms with Gasteiger partial charge < -0.3 is 4.98 Å². The van der Waals surface area contributed by atoms with Gasteiger partial charge in [-0.05, 0) is 35.7 Å². The summed E-state index contributed by atoms with van der Waals surface area (Å²) in [6.45, 7) is 0. The van der Waals surface area contributed by atoms with E-state index in [1.165, 1.54) is 17.4 Å². The van der Waals surface area contributed by atoms with Gasteiger partial charge in [-0.2, -0.15) is 0 Å². The second-order valence-corrected chi connectivity index (χ2v) is 5.34. The second-order valence-electron chi connectivity index (χ2n) is 4.25. The minimum atomic E-state index is -0.216. The molecule has 0 aliphatic carbocycles. The van der Waals surface area contributed by atoms with E-state index in [4.69, 9.17) is 0 Å². The first-order chi connectivity index (χ1) is 9.29. The lowest BCUT2D eigenvalue weighted by Crippen LogP contribution is -1.73. The Bertz CT molecular complexity index is 861. The first kappa shape index (κ1) is 10.6. The van der Waals surface area contributed by atoms with E-state index in [0.29, 0.717) is 5.65 Å². The van der Waals surface area contributed by atoms with Crippen LogP contribution in [-0.2, 0) is 0 Å². The molecule has 4 aromatic rings. The fraction of sp³-hybridized carbons (Fsp3) is 0. The second kappa shape index (κ2) is 3.86. The molecule has 0 bridgehead atoms. The van der Waals surface area contributed by atoms with Gasteiger partial charge in [0.25, 0.3) is 0 Å². The highest BCUT2D eigenvalue weighted by Crippen LogP contribution is 2.33. The molecule has 92 valence electrons. The fourth-order valence-corrected chi connectivity index (χ4v) is 3.12. The molecule has 3 nitrogen and oxygen atoms in total. The minimum Gasteiger partial charge on any atom is -0.336 e. The summed E-state index contributed by atoms with van der Waals surface area (Å²) in [4.78, 5) is 12.9. The van der Waals surface area contributed by atoms with Gasteiger partial charge in [-0.1, -0.05) is 6.07 Å². The van der Waals surface area contributed by atoms with Crippen LogP contribution in [0.3, 0.4) is 0 Å². The number of fused-ring (bicyclic) bond motifs is 2. The highest BCUT2D eigenvalue weighted by atomic mass is 32.1. The average molecular weight is 269 g/mol. The van der Waals surface area contributed by atoms with Gasteiger partial charge in [0.1, 0.15) is 5.82 Å². The molecule has 4 rings (SSSR count). The van der Waals surface area contributed by atoms with Crippen LogP contribution in [0.1, 0.15) is 0 Å². The maximum atomic E-state index is 13.2. The molecule has 0 spiro atoms. The zero-order chi connectivity index (χ0) is 12.8. The van der Waals surface area contributed by atoms with Crippen molar-refractivity contribution in [3.8, 4) is 10.7 Å². The van der Waals surface area contributed by atoms with Crippen LogP contribution in [0.2, 0.25) is 0 Å². The number of benzene rings is 1.